The summed E-state index contributed by atoms with van der Waals surface area (Å²) in [6.45, 7) is 8.72. The molecule has 2 aromatic rings. The van der Waals surface area contributed by atoms with Crippen molar-refractivity contribution in [1.82, 2.24) is 15.1 Å². The van der Waals surface area contributed by atoms with E-state index in [0.717, 1.165) is 43.5 Å². The van der Waals surface area contributed by atoms with E-state index in [0.29, 0.717) is 13.0 Å². The largest absolute Gasteiger partial charge is 0.329 e. The number of nitrogens with one attached hydrogen (secondary N) is 1. The van der Waals surface area contributed by atoms with Crippen LogP contribution < -0.4 is 5.32 Å². The van der Waals surface area contributed by atoms with Gasteiger partial charge in [-0.05, 0) is 43.0 Å². The molecule has 1 aliphatic heterocycles. The second-order valence-corrected chi connectivity index (χ2v) is 10.6. The van der Waals surface area contributed by atoms with Crippen LogP contribution >= 0.6 is 0 Å². The summed E-state index contributed by atoms with van der Waals surface area (Å²) in [6.07, 6.45) is 9.70. The number of carbonyl (C=O) groups excluding carboxylic acids is 2. The molecule has 202 valence electrons. The number of carbonyl (C=O) groups is 2. The van der Waals surface area contributed by atoms with Crippen molar-refractivity contribution in [2.24, 2.45) is 0 Å². The smallest absolute Gasteiger partial charge is 0.254 e. The highest BCUT2D eigenvalue weighted by molar-refractivity contribution is 6.00. The van der Waals surface area contributed by atoms with Crippen molar-refractivity contribution in [1.29, 1.82) is 0 Å². The van der Waals surface area contributed by atoms with Crippen molar-refractivity contribution >= 4 is 11.8 Å². The third kappa shape index (κ3) is 7.01. The van der Waals surface area contributed by atoms with E-state index in [9.17, 15) is 9.59 Å². The van der Waals surface area contributed by atoms with Gasteiger partial charge in [0.1, 0.15) is 6.04 Å². The summed E-state index contributed by atoms with van der Waals surface area (Å²) in [5, 5.41) is 3.49. The summed E-state index contributed by atoms with van der Waals surface area (Å²) in [6, 6.07) is 18.0. The Labute approximate surface area is 224 Å². The molecule has 0 radical (unpaired) electrons. The van der Waals surface area contributed by atoms with E-state index in [-0.39, 0.29) is 11.8 Å². The summed E-state index contributed by atoms with van der Waals surface area (Å²) in [7, 11) is 1.81. The van der Waals surface area contributed by atoms with E-state index < -0.39 is 11.6 Å². The molecule has 1 unspecified atom stereocenters. The Morgan fingerprint density at radius 2 is 1.46 bits per heavy atom. The number of nitrogens with zero attached hydrogens (tertiary/aromatic N) is 2. The van der Waals surface area contributed by atoms with Gasteiger partial charge in [-0.15, -0.1) is 0 Å². The van der Waals surface area contributed by atoms with E-state index in [1.54, 1.807) is 4.90 Å². The fraction of sp³-hybridized carbons (Fsp3) is 0.562. The van der Waals surface area contributed by atoms with E-state index in [1.165, 1.54) is 37.7 Å². The molecule has 5 heteroatoms. The number of piperazine rings is 1. The molecule has 5 nitrogen and oxygen atoms in total. The van der Waals surface area contributed by atoms with Crippen molar-refractivity contribution in [3.8, 4) is 0 Å². The second kappa shape index (κ2) is 14.3. The number of likely N-dealkylation sites (N-methyl/N-ethyl adjacent to an activating group) is 1. The fourth-order valence-corrected chi connectivity index (χ4v) is 5.45. The molecule has 37 heavy (non-hydrogen) atoms. The van der Waals surface area contributed by atoms with Gasteiger partial charge in [-0.1, -0.05) is 107 Å². The maximum Gasteiger partial charge on any atom is 0.254 e. The van der Waals surface area contributed by atoms with Crippen molar-refractivity contribution in [2.75, 3.05) is 20.1 Å². The third-order valence-electron chi connectivity index (χ3n) is 7.87. The van der Waals surface area contributed by atoms with Gasteiger partial charge in [-0.2, -0.15) is 0 Å². The summed E-state index contributed by atoms with van der Waals surface area (Å²) >= 11 is 0. The van der Waals surface area contributed by atoms with E-state index in [1.807, 2.05) is 37.1 Å². The minimum absolute atomic E-state index is 0.00632. The predicted molar refractivity (Wildman–Crippen MR) is 152 cm³/mol. The maximum absolute atomic E-state index is 14.4. The Hall–Kier alpha value is -2.66. The molecule has 1 aliphatic rings. The number of amides is 2. The van der Waals surface area contributed by atoms with E-state index >= 15 is 0 Å². The van der Waals surface area contributed by atoms with Crippen LogP contribution in [0.4, 0.5) is 0 Å². The Bertz CT molecular complexity index is 975. The van der Waals surface area contributed by atoms with Gasteiger partial charge in [0.05, 0.1) is 0 Å². The molecule has 2 aromatic carbocycles. The first-order chi connectivity index (χ1) is 18.0. The first-order valence-electron chi connectivity index (χ1n) is 14.4. The first kappa shape index (κ1) is 28.9. The van der Waals surface area contributed by atoms with Crippen molar-refractivity contribution in [2.45, 2.75) is 96.7 Å². The molecule has 1 saturated heterocycles. The van der Waals surface area contributed by atoms with Crippen molar-refractivity contribution in [3.63, 3.8) is 0 Å². The molecule has 1 N–H and O–H groups in total. The van der Waals surface area contributed by atoms with E-state index in [2.05, 4.69) is 55.6 Å². The van der Waals surface area contributed by atoms with Crippen LogP contribution in [0.3, 0.4) is 0 Å². The summed E-state index contributed by atoms with van der Waals surface area (Å²) in [5.41, 5.74) is 2.06. The summed E-state index contributed by atoms with van der Waals surface area (Å²) in [4.78, 5) is 31.6. The highest BCUT2D eigenvalue weighted by Gasteiger charge is 2.54. The molecule has 0 aliphatic carbocycles. The van der Waals surface area contributed by atoms with Crippen LogP contribution in [0.5, 0.6) is 0 Å². The van der Waals surface area contributed by atoms with Crippen LogP contribution in [0.1, 0.15) is 88.8 Å². The second-order valence-electron chi connectivity index (χ2n) is 10.6. The zero-order chi connectivity index (χ0) is 26.7. The number of hydrogen-bond acceptors (Lipinski definition) is 3. The number of hydrogen-bond donors (Lipinski definition) is 1. The molecule has 3 rings (SSSR count). The number of unbranched alkanes of at least 4 members (excludes halogenated alkanes) is 6. The molecular weight excluding hydrogens is 458 g/mol. The van der Waals surface area contributed by atoms with Gasteiger partial charge in [-0.25, -0.2) is 0 Å². The molecule has 0 aromatic heterocycles. The van der Waals surface area contributed by atoms with Crippen LogP contribution in [-0.2, 0) is 28.1 Å². The molecule has 2 atom stereocenters. The highest BCUT2D eigenvalue weighted by atomic mass is 16.2. The van der Waals surface area contributed by atoms with Crippen molar-refractivity contribution in [3.05, 3.63) is 71.3 Å². The lowest BCUT2D eigenvalue weighted by atomic mass is 9.78. The standard InChI is InChI=1S/C32H47N3O2/c1-5-7-9-10-11-15-23-35-26(3)30(36)34(4)32(31(35)37,24-27-16-13-12-14-17-27)29-20-18-28(19-21-29)25-33-22-8-6-2/h12-14,16-21,26,33H,5-11,15,22-25H2,1-4H3/t26-,32?/m0/s1. The Balaban J connectivity index is 1.90. The SMILES string of the molecule is CCCCCCCCN1C(=O)C(Cc2ccccc2)(c2ccc(CNCCCC)cc2)N(C)C(=O)[C@@H]1C. The van der Waals surface area contributed by atoms with E-state index in [4.69, 9.17) is 0 Å². The lowest BCUT2D eigenvalue weighted by molar-refractivity contribution is -0.169. The van der Waals surface area contributed by atoms with Crippen LogP contribution in [0.15, 0.2) is 54.6 Å². The molecule has 1 fully saturated rings. The lowest BCUT2D eigenvalue weighted by Crippen LogP contribution is -2.69. The van der Waals surface area contributed by atoms with Gasteiger partial charge in [0.15, 0.2) is 5.54 Å². The number of benzene rings is 2. The fourth-order valence-electron chi connectivity index (χ4n) is 5.45. The summed E-state index contributed by atoms with van der Waals surface area (Å²) < 4.78 is 0. The minimum atomic E-state index is -1.05. The van der Waals surface area contributed by atoms with Crippen LogP contribution in [0.25, 0.3) is 0 Å². The van der Waals surface area contributed by atoms with Gasteiger partial charge in [0, 0.05) is 26.6 Å². The van der Waals surface area contributed by atoms with Gasteiger partial charge in [0.2, 0.25) is 5.91 Å². The zero-order valence-electron chi connectivity index (χ0n) is 23.5. The predicted octanol–water partition coefficient (Wildman–Crippen LogP) is 6.06. The van der Waals surface area contributed by atoms with Gasteiger partial charge in [-0.3, -0.25) is 9.59 Å². The van der Waals surface area contributed by atoms with Crippen LogP contribution in [0, 0.1) is 0 Å². The third-order valence-corrected chi connectivity index (χ3v) is 7.87. The van der Waals surface area contributed by atoms with Crippen LogP contribution in [-0.4, -0.2) is 47.8 Å². The minimum Gasteiger partial charge on any atom is -0.329 e. The molecule has 0 saturated carbocycles. The Morgan fingerprint density at radius 3 is 2.14 bits per heavy atom. The molecule has 2 amide bonds. The molecular formula is C32H47N3O2. The monoisotopic (exact) mass is 505 g/mol. The van der Waals surface area contributed by atoms with Gasteiger partial charge < -0.3 is 15.1 Å². The maximum atomic E-state index is 14.4. The summed E-state index contributed by atoms with van der Waals surface area (Å²) in [5.74, 6) is 0.0418. The normalized spacial score (nSPS) is 20.1. The highest BCUT2D eigenvalue weighted by Crippen LogP contribution is 2.39. The lowest BCUT2D eigenvalue weighted by Gasteiger charge is -2.51. The molecule has 0 spiro atoms. The first-order valence-corrected chi connectivity index (χ1v) is 14.4. The van der Waals surface area contributed by atoms with Gasteiger partial charge >= 0.3 is 0 Å². The quantitative estimate of drug-likeness (QED) is 0.299. The Morgan fingerprint density at radius 1 is 0.811 bits per heavy atom. The van der Waals surface area contributed by atoms with Gasteiger partial charge in [0.25, 0.3) is 5.91 Å². The molecule has 1 heterocycles. The average Bonchev–Trinajstić information content (AvgIpc) is 2.92. The zero-order valence-corrected chi connectivity index (χ0v) is 23.5. The number of rotatable bonds is 15. The van der Waals surface area contributed by atoms with Crippen molar-refractivity contribution < 1.29 is 9.59 Å². The topological polar surface area (TPSA) is 52.7 Å². The molecule has 0 bridgehead atoms. The van der Waals surface area contributed by atoms with Crippen LogP contribution in [0.2, 0.25) is 0 Å². The Kier molecular flexibility index (Phi) is 11.2. The average molecular weight is 506 g/mol.